The molecule has 0 radical (unpaired) electrons. The second-order valence-electron chi connectivity index (χ2n) is 7.75. The van der Waals surface area contributed by atoms with Gasteiger partial charge in [-0.25, -0.2) is 8.42 Å². The number of hydrogen-bond acceptors (Lipinski definition) is 4. The summed E-state index contributed by atoms with van der Waals surface area (Å²) in [5.41, 5.74) is 2.41. The number of likely N-dealkylation sites (N-methyl/N-ethyl adjacent to an activating group) is 1. The van der Waals surface area contributed by atoms with Crippen molar-refractivity contribution in [2.24, 2.45) is 0 Å². The van der Waals surface area contributed by atoms with E-state index in [4.69, 9.17) is 0 Å². The normalized spacial score (nSPS) is 14.1. The van der Waals surface area contributed by atoms with Crippen molar-refractivity contribution in [3.05, 3.63) is 59.7 Å². The number of aryl methyl sites for hydroxylation is 1. The van der Waals surface area contributed by atoms with E-state index in [0.29, 0.717) is 12.1 Å². The number of sulfonamides is 1. The van der Waals surface area contributed by atoms with Crippen LogP contribution in [-0.2, 0) is 26.0 Å². The number of likely N-dealkylation sites (tertiary alicyclic amines) is 1. The van der Waals surface area contributed by atoms with Crippen LogP contribution in [0.1, 0.15) is 30.9 Å². The lowest BCUT2D eigenvalue weighted by atomic mass is 10.1. The molecule has 1 aliphatic heterocycles. The Balaban J connectivity index is 1.58. The molecular formula is C23H29N3O4S. The summed E-state index contributed by atoms with van der Waals surface area (Å²) >= 11 is 0. The molecule has 3 rings (SSSR count). The number of amides is 2. The van der Waals surface area contributed by atoms with Gasteiger partial charge in [0.15, 0.2) is 0 Å². The zero-order valence-corrected chi connectivity index (χ0v) is 18.8. The first-order valence-electron chi connectivity index (χ1n) is 10.5. The molecule has 1 aliphatic rings. The molecule has 166 valence electrons. The van der Waals surface area contributed by atoms with Gasteiger partial charge in [0.1, 0.15) is 0 Å². The molecule has 0 aliphatic carbocycles. The fourth-order valence-electron chi connectivity index (χ4n) is 3.55. The molecule has 0 saturated carbocycles. The number of hydrogen-bond donors (Lipinski definition) is 1. The predicted octanol–water partition coefficient (Wildman–Crippen LogP) is 2.81. The largest absolute Gasteiger partial charge is 0.342 e. The first-order valence-corrected chi connectivity index (χ1v) is 12.0. The molecule has 2 amide bonds. The fraction of sp³-hybridized carbons (Fsp3) is 0.391. The summed E-state index contributed by atoms with van der Waals surface area (Å²) in [7, 11) is -3.75. The lowest BCUT2D eigenvalue weighted by molar-refractivity contribution is -0.129. The summed E-state index contributed by atoms with van der Waals surface area (Å²) in [5, 5.41) is 2.73. The quantitative estimate of drug-likeness (QED) is 0.680. The van der Waals surface area contributed by atoms with Gasteiger partial charge in [0, 0.05) is 25.3 Å². The number of nitrogens with one attached hydrogen (secondary N) is 1. The van der Waals surface area contributed by atoms with Gasteiger partial charge >= 0.3 is 0 Å². The zero-order chi connectivity index (χ0) is 22.4. The van der Waals surface area contributed by atoms with Gasteiger partial charge in [-0.2, -0.15) is 4.31 Å². The maximum absolute atomic E-state index is 12.8. The molecule has 31 heavy (non-hydrogen) atoms. The summed E-state index contributed by atoms with van der Waals surface area (Å²) in [6.45, 7) is 5.14. The van der Waals surface area contributed by atoms with Crippen molar-refractivity contribution < 1.29 is 18.0 Å². The predicted molar refractivity (Wildman–Crippen MR) is 120 cm³/mol. The van der Waals surface area contributed by atoms with Crippen LogP contribution < -0.4 is 5.32 Å². The highest BCUT2D eigenvalue weighted by atomic mass is 32.2. The molecular weight excluding hydrogens is 414 g/mol. The Morgan fingerprint density at radius 3 is 2.19 bits per heavy atom. The van der Waals surface area contributed by atoms with Gasteiger partial charge in [0.05, 0.1) is 17.9 Å². The van der Waals surface area contributed by atoms with Crippen molar-refractivity contribution in [3.63, 3.8) is 0 Å². The van der Waals surface area contributed by atoms with Crippen LogP contribution >= 0.6 is 0 Å². The molecule has 0 spiro atoms. The van der Waals surface area contributed by atoms with Crippen LogP contribution in [0.15, 0.2) is 53.4 Å². The van der Waals surface area contributed by atoms with Crippen LogP contribution in [0.2, 0.25) is 0 Å². The summed E-state index contributed by atoms with van der Waals surface area (Å²) in [5.74, 6) is -0.299. The first kappa shape index (κ1) is 23.0. The highest BCUT2D eigenvalue weighted by Crippen LogP contribution is 2.17. The molecule has 7 nitrogen and oxygen atoms in total. The van der Waals surface area contributed by atoms with E-state index in [2.05, 4.69) is 5.32 Å². The molecule has 1 N–H and O–H groups in total. The minimum absolute atomic E-state index is 0.120. The second-order valence-corrected chi connectivity index (χ2v) is 9.69. The Bertz CT molecular complexity index is 1010. The molecule has 8 heteroatoms. The number of anilines is 1. The molecule has 0 unspecified atom stereocenters. The lowest BCUT2D eigenvalue weighted by Crippen LogP contribution is -2.37. The topological polar surface area (TPSA) is 86.8 Å². The standard InChI is InChI=1S/C23H29N3O4S/c1-3-26(31(29,30)21-12-6-18(2)7-13-21)17-22(27)24-20-10-8-19(9-11-20)16-23(28)25-14-4-5-15-25/h6-13H,3-5,14-17H2,1-2H3,(H,24,27). The van der Waals surface area contributed by atoms with E-state index in [1.165, 1.54) is 0 Å². The number of carbonyl (C=O) groups excluding carboxylic acids is 2. The third-order valence-corrected chi connectivity index (χ3v) is 7.32. The maximum Gasteiger partial charge on any atom is 0.243 e. The fourth-order valence-corrected chi connectivity index (χ4v) is 4.95. The van der Waals surface area contributed by atoms with E-state index >= 15 is 0 Å². The Morgan fingerprint density at radius 1 is 1.00 bits per heavy atom. The van der Waals surface area contributed by atoms with Crippen molar-refractivity contribution in [2.75, 3.05) is 31.5 Å². The highest BCUT2D eigenvalue weighted by molar-refractivity contribution is 7.89. The van der Waals surface area contributed by atoms with Crippen molar-refractivity contribution in [2.45, 2.75) is 38.0 Å². The van der Waals surface area contributed by atoms with Gasteiger partial charge in [0.2, 0.25) is 21.8 Å². The van der Waals surface area contributed by atoms with Gasteiger partial charge in [-0.1, -0.05) is 36.8 Å². The van der Waals surface area contributed by atoms with E-state index in [9.17, 15) is 18.0 Å². The van der Waals surface area contributed by atoms with Crippen LogP contribution in [0.25, 0.3) is 0 Å². The van der Waals surface area contributed by atoms with Gasteiger partial charge in [-0.05, 0) is 49.6 Å². The van der Waals surface area contributed by atoms with Crippen molar-refractivity contribution in [3.8, 4) is 0 Å². The summed E-state index contributed by atoms with van der Waals surface area (Å²) in [6.07, 6.45) is 2.46. The van der Waals surface area contributed by atoms with Gasteiger partial charge in [-0.15, -0.1) is 0 Å². The number of rotatable bonds is 8. The van der Waals surface area contributed by atoms with Crippen molar-refractivity contribution in [1.82, 2.24) is 9.21 Å². The van der Waals surface area contributed by atoms with Crippen molar-refractivity contribution in [1.29, 1.82) is 0 Å². The summed E-state index contributed by atoms with van der Waals surface area (Å²) < 4.78 is 26.8. The van der Waals surface area contributed by atoms with Crippen molar-refractivity contribution >= 4 is 27.5 Å². The maximum atomic E-state index is 12.8. The number of nitrogens with zero attached hydrogens (tertiary/aromatic N) is 2. The van der Waals surface area contributed by atoms with E-state index < -0.39 is 15.9 Å². The van der Waals surface area contributed by atoms with Crippen LogP contribution in [0.5, 0.6) is 0 Å². The van der Waals surface area contributed by atoms with E-state index in [-0.39, 0.29) is 23.9 Å². The summed E-state index contributed by atoms with van der Waals surface area (Å²) in [6, 6.07) is 13.6. The molecule has 1 saturated heterocycles. The Labute approximate surface area is 184 Å². The molecule has 0 atom stereocenters. The van der Waals surface area contributed by atoms with Gasteiger partial charge < -0.3 is 10.2 Å². The summed E-state index contributed by atoms with van der Waals surface area (Å²) in [4.78, 5) is 26.8. The SMILES string of the molecule is CCN(CC(=O)Nc1ccc(CC(=O)N2CCCC2)cc1)S(=O)(=O)c1ccc(C)cc1. The first-order chi connectivity index (χ1) is 14.8. The third-order valence-electron chi connectivity index (χ3n) is 5.38. The van der Waals surface area contributed by atoms with Crippen LogP contribution in [-0.4, -0.2) is 55.6 Å². The number of benzene rings is 2. The van der Waals surface area contributed by atoms with E-state index in [0.717, 1.165) is 41.4 Å². The second kappa shape index (κ2) is 10.1. The molecule has 1 heterocycles. The third kappa shape index (κ3) is 5.92. The molecule has 1 fully saturated rings. The minimum atomic E-state index is -3.75. The van der Waals surface area contributed by atoms with E-state index in [1.54, 1.807) is 43.3 Å². The average Bonchev–Trinajstić information content (AvgIpc) is 3.29. The van der Waals surface area contributed by atoms with Gasteiger partial charge in [-0.3, -0.25) is 9.59 Å². The zero-order valence-electron chi connectivity index (χ0n) is 18.0. The van der Waals surface area contributed by atoms with E-state index in [1.807, 2.05) is 24.0 Å². The average molecular weight is 444 g/mol. The smallest absolute Gasteiger partial charge is 0.243 e. The van der Waals surface area contributed by atoms with Crippen LogP contribution in [0.4, 0.5) is 5.69 Å². The monoisotopic (exact) mass is 443 g/mol. The molecule has 2 aromatic carbocycles. The Hall–Kier alpha value is -2.71. The minimum Gasteiger partial charge on any atom is -0.342 e. The Morgan fingerprint density at radius 2 is 1.61 bits per heavy atom. The molecule has 2 aromatic rings. The Kier molecular flexibility index (Phi) is 7.46. The molecule has 0 bridgehead atoms. The van der Waals surface area contributed by atoms with Crippen LogP contribution in [0, 0.1) is 6.92 Å². The lowest BCUT2D eigenvalue weighted by Gasteiger charge is -2.20. The highest BCUT2D eigenvalue weighted by Gasteiger charge is 2.25. The number of carbonyl (C=O) groups is 2. The molecule has 0 aromatic heterocycles. The van der Waals surface area contributed by atoms with Crippen LogP contribution in [0.3, 0.4) is 0 Å². The van der Waals surface area contributed by atoms with Gasteiger partial charge in [0.25, 0.3) is 0 Å².